The molecular formula is C13H11BrF3N3. The number of aromatic nitrogens is 1. The third-order valence-corrected chi connectivity index (χ3v) is 3.57. The van der Waals surface area contributed by atoms with Crippen LogP contribution in [0.2, 0.25) is 0 Å². The van der Waals surface area contributed by atoms with Crippen LogP contribution in [-0.4, -0.2) is 4.98 Å². The van der Waals surface area contributed by atoms with Crippen LogP contribution in [0.5, 0.6) is 0 Å². The molecule has 0 radical (unpaired) electrons. The molecule has 3 nitrogen and oxygen atoms in total. The van der Waals surface area contributed by atoms with Gasteiger partial charge < -0.3 is 0 Å². The van der Waals surface area contributed by atoms with E-state index < -0.39 is 17.8 Å². The van der Waals surface area contributed by atoms with Gasteiger partial charge in [0.1, 0.15) is 0 Å². The molecular weight excluding hydrogens is 335 g/mol. The number of hydrogen-bond donors (Lipinski definition) is 2. The molecule has 0 saturated heterocycles. The van der Waals surface area contributed by atoms with E-state index in [2.05, 4.69) is 26.3 Å². The molecule has 1 atom stereocenters. The highest BCUT2D eigenvalue weighted by molar-refractivity contribution is 9.10. The van der Waals surface area contributed by atoms with Gasteiger partial charge in [0, 0.05) is 22.4 Å². The van der Waals surface area contributed by atoms with Crippen LogP contribution in [0, 0.1) is 0 Å². The molecule has 7 heteroatoms. The van der Waals surface area contributed by atoms with Crippen LogP contribution < -0.4 is 11.3 Å². The lowest BCUT2D eigenvalue weighted by atomic mass is 9.96. The second-order valence-electron chi connectivity index (χ2n) is 4.08. The lowest BCUT2D eigenvalue weighted by Crippen LogP contribution is -2.31. The summed E-state index contributed by atoms with van der Waals surface area (Å²) in [5.74, 6) is 5.45. The molecule has 106 valence electrons. The Labute approximate surface area is 122 Å². The number of alkyl halides is 3. The Morgan fingerprint density at radius 3 is 2.45 bits per heavy atom. The molecule has 0 saturated carbocycles. The first-order valence-corrected chi connectivity index (χ1v) is 6.46. The van der Waals surface area contributed by atoms with Crippen molar-refractivity contribution in [1.29, 1.82) is 0 Å². The summed E-state index contributed by atoms with van der Waals surface area (Å²) in [6.45, 7) is 0. The third-order valence-electron chi connectivity index (χ3n) is 2.85. The van der Waals surface area contributed by atoms with Crippen LogP contribution in [0.4, 0.5) is 13.2 Å². The summed E-state index contributed by atoms with van der Waals surface area (Å²) in [4.78, 5) is 3.77. The summed E-state index contributed by atoms with van der Waals surface area (Å²) < 4.78 is 39.8. The van der Waals surface area contributed by atoms with Crippen molar-refractivity contribution in [3.8, 4) is 0 Å². The number of pyridine rings is 1. The molecule has 0 aliphatic carbocycles. The number of nitrogens with zero attached hydrogens (tertiary/aromatic N) is 1. The molecule has 3 N–H and O–H groups in total. The van der Waals surface area contributed by atoms with Crippen LogP contribution in [0.3, 0.4) is 0 Å². The number of nitrogens with two attached hydrogens (primary N) is 1. The Morgan fingerprint density at radius 1 is 1.15 bits per heavy atom. The zero-order valence-electron chi connectivity index (χ0n) is 10.2. The van der Waals surface area contributed by atoms with E-state index in [-0.39, 0.29) is 5.56 Å². The monoisotopic (exact) mass is 345 g/mol. The van der Waals surface area contributed by atoms with Gasteiger partial charge in [0.15, 0.2) is 0 Å². The predicted molar refractivity (Wildman–Crippen MR) is 72.5 cm³/mol. The van der Waals surface area contributed by atoms with Gasteiger partial charge in [-0.1, -0.05) is 34.1 Å². The normalized spacial score (nSPS) is 13.2. The molecule has 20 heavy (non-hydrogen) atoms. The zero-order chi connectivity index (χ0) is 14.8. The highest BCUT2D eigenvalue weighted by Crippen LogP contribution is 2.37. The van der Waals surface area contributed by atoms with Crippen molar-refractivity contribution in [1.82, 2.24) is 10.4 Å². The maximum atomic E-state index is 13.1. The van der Waals surface area contributed by atoms with Crippen LogP contribution in [-0.2, 0) is 6.18 Å². The number of nitrogens with one attached hydrogen (secondary N) is 1. The molecule has 0 amide bonds. The molecule has 1 aromatic carbocycles. The molecule has 0 aliphatic rings. The second-order valence-corrected chi connectivity index (χ2v) is 4.94. The van der Waals surface area contributed by atoms with E-state index in [0.29, 0.717) is 10.0 Å². The lowest BCUT2D eigenvalue weighted by Gasteiger charge is -2.21. The van der Waals surface area contributed by atoms with Crippen molar-refractivity contribution >= 4 is 15.9 Å². The fourth-order valence-corrected chi connectivity index (χ4v) is 2.46. The molecule has 1 unspecified atom stereocenters. The van der Waals surface area contributed by atoms with Gasteiger partial charge in [0.2, 0.25) is 0 Å². The molecule has 2 aromatic rings. The summed E-state index contributed by atoms with van der Waals surface area (Å²) >= 11 is 3.31. The summed E-state index contributed by atoms with van der Waals surface area (Å²) in [5, 5.41) is 0. The second kappa shape index (κ2) is 5.90. The summed E-state index contributed by atoms with van der Waals surface area (Å²) in [7, 11) is 0. The molecule has 0 aliphatic heterocycles. The van der Waals surface area contributed by atoms with Gasteiger partial charge in [-0.2, -0.15) is 13.2 Å². The van der Waals surface area contributed by atoms with Crippen molar-refractivity contribution in [2.24, 2.45) is 5.84 Å². The van der Waals surface area contributed by atoms with E-state index in [9.17, 15) is 13.2 Å². The van der Waals surface area contributed by atoms with Crippen LogP contribution in [0.25, 0.3) is 0 Å². The third kappa shape index (κ3) is 3.00. The fourth-order valence-electron chi connectivity index (χ4n) is 1.95. The molecule has 0 bridgehead atoms. The Morgan fingerprint density at radius 2 is 1.85 bits per heavy atom. The standard InChI is InChI=1S/C13H11BrF3N3/c14-11-4-2-1-3-8(11)12(20-18)9-7-19-6-5-10(9)13(15,16)17/h1-7,12,20H,18H2. The van der Waals surface area contributed by atoms with Crippen molar-refractivity contribution < 1.29 is 13.2 Å². The van der Waals surface area contributed by atoms with Gasteiger partial charge in [-0.25, -0.2) is 5.43 Å². The first kappa shape index (κ1) is 15.0. The number of halogens is 4. The highest BCUT2D eigenvalue weighted by atomic mass is 79.9. The number of benzene rings is 1. The molecule has 1 heterocycles. The molecule has 0 spiro atoms. The van der Waals surface area contributed by atoms with E-state index in [1.54, 1.807) is 24.3 Å². The minimum atomic E-state index is -4.46. The first-order valence-electron chi connectivity index (χ1n) is 5.67. The lowest BCUT2D eigenvalue weighted by molar-refractivity contribution is -0.138. The number of rotatable bonds is 3. The maximum Gasteiger partial charge on any atom is 0.416 e. The number of hydrogen-bond acceptors (Lipinski definition) is 3. The van der Waals surface area contributed by atoms with E-state index in [1.807, 2.05) is 0 Å². The van der Waals surface area contributed by atoms with Crippen molar-refractivity contribution in [3.05, 3.63) is 63.9 Å². The fraction of sp³-hybridized carbons (Fsp3) is 0.154. The van der Waals surface area contributed by atoms with Crippen LogP contribution in [0.15, 0.2) is 47.2 Å². The van der Waals surface area contributed by atoms with Gasteiger partial charge >= 0.3 is 6.18 Å². The van der Waals surface area contributed by atoms with Gasteiger partial charge in [0.25, 0.3) is 0 Å². The van der Waals surface area contributed by atoms with Crippen LogP contribution in [0.1, 0.15) is 22.7 Å². The largest absolute Gasteiger partial charge is 0.416 e. The van der Waals surface area contributed by atoms with Crippen molar-refractivity contribution in [2.45, 2.75) is 12.2 Å². The summed E-state index contributed by atoms with van der Waals surface area (Å²) in [6, 6.07) is 7.07. The average molecular weight is 346 g/mol. The van der Waals surface area contributed by atoms with Gasteiger partial charge in [-0.3, -0.25) is 10.8 Å². The summed E-state index contributed by atoms with van der Waals surface area (Å²) in [6.07, 6.45) is -2.18. The van der Waals surface area contributed by atoms with E-state index in [0.717, 1.165) is 12.3 Å². The smallest absolute Gasteiger partial charge is 0.271 e. The van der Waals surface area contributed by atoms with Gasteiger partial charge in [-0.05, 0) is 17.7 Å². The average Bonchev–Trinajstić information content (AvgIpc) is 2.41. The molecule has 2 rings (SSSR count). The minimum Gasteiger partial charge on any atom is -0.271 e. The van der Waals surface area contributed by atoms with Crippen molar-refractivity contribution in [3.63, 3.8) is 0 Å². The zero-order valence-corrected chi connectivity index (χ0v) is 11.7. The predicted octanol–water partition coefficient (Wildman–Crippen LogP) is 3.42. The maximum absolute atomic E-state index is 13.1. The molecule has 0 fully saturated rings. The van der Waals surface area contributed by atoms with E-state index in [4.69, 9.17) is 5.84 Å². The summed E-state index contributed by atoms with van der Waals surface area (Å²) in [5.41, 5.74) is 2.25. The number of hydrazine groups is 1. The van der Waals surface area contributed by atoms with Gasteiger partial charge in [-0.15, -0.1) is 0 Å². The van der Waals surface area contributed by atoms with Crippen LogP contribution >= 0.6 is 15.9 Å². The van der Waals surface area contributed by atoms with Crippen molar-refractivity contribution in [2.75, 3.05) is 0 Å². The Kier molecular flexibility index (Phi) is 4.42. The molecule has 1 aromatic heterocycles. The van der Waals surface area contributed by atoms with E-state index in [1.165, 1.54) is 6.20 Å². The highest BCUT2D eigenvalue weighted by Gasteiger charge is 2.35. The van der Waals surface area contributed by atoms with E-state index >= 15 is 0 Å². The van der Waals surface area contributed by atoms with Gasteiger partial charge in [0.05, 0.1) is 11.6 Å². The minimum absolute atomic E-state index is 0.0191. The topological polar surface area (TPSA) is 50.9 Å². The quantitative estimate of drug-likeness (QED) is 0.662. The Hall–Kier alpha value is -1.44. The SMILES string of the molecule is NNC(c1ccccc1Br)c1cnccc1C(F)(F)F. The first-order chi connectivity index (χ1) is 9.45. The Balaban J connectivity index is 2.57. The Bertz CT molecular complexity index is 601.